The van der Waals surface area contributed by atoms with Crippen LogP contribution in [0, 0.1) is 0 Å². The van der Waals surface area contributed by atoms with Gasteiger partial charge < -0.3 is 14.8 Å². The summed E-state index contributed by atoms with van der Waals surface area (Å²) in [4.78, 5) is 18.2. The van der Waals surface area contributed by atoms with Crippen LogP contribution in [-0.4, -0.2) is 56.8 Å². The molecule has 0 bridgehead atoms. The summed E-state index contributed by atoms with van der Waals surface area (Å²) in [6, 6.07) is 2.15. The maximum absolute atomic E-state index is 11.6. The number of amides is 1. The highest BCUT2D eigenvalue weighted by atomic mass is 16.1. The summed E-state index contributed by atoms with van der Waals surface area (Å²) in [7, 11) is 1.63. The zero-order valence-electron chi connectivity index (χ0n) is 13.6. The van der Waals surface area contributed by atoms with Crippen molar-refractivity contribution < 1.29 is 4.79 Å². The van der Waals surface area contributed by atoms with Crippen LogP contribution in [0.4, 0.5) is 0 Å². The Morgan fingerprint density at radius 3 is 3.09 bits per heavy atom. The summed E-state index contributed by atoms with van der Waals surface area (Å²) in [5.41, 5.74) is 0.490. The molecule has 2 aromatic rings. The van der Waals surface area contributed by atoms with Crippen molar-refractivity contribution in [1.82, 2.24) is 29.5 Å². The second-order valence-electron chi connectivity index (χ2n) is 6.01. The summed E-state index contributed by atoms with van der Waals surface area (Å²) in [5, 5.41) is 7.04. The van der Waals surface area contributed by atoms with Crippen LogP contribution in [-0.2, 0) is 6.54 Å². The fourth-order valence-corrected chi connectivity index (χ4v) is 3.14. The second kappa shape index (κ2) is 7.41. The molecule has 3 heterocycles. The molecule has 1 aliphatic rings. The van der Waals surface area contributed by atoms with Crippen LogP contribution < -0.4 is 5.32 Å². The van der Waals surface area contributed by atoms with Gasteiger partial charge in [-0.2, -0.15) is 5.10 Å². The first kappa shape index (κ1) is 15.7. The summed E-state index contributed by atoms with van der Waals surface area (Å²) in [5.74, 6) is -0.128. The van der Waals surface area contributed by atoms with Gasteiger partial charge >= 0.3 is 0 Å². The summed E-state index contributed by atoms with van der Waals surface area (Å²) >= 11 is 0. The van der Waals surface area contributed by atoms with Gasteiger partial charge in [0, 0.05) is 38.7 Å². The predicted octanol–water partition coefficient (Wildman–Crippen LogP) is 1.17. The van der Waals surface area contributed by atoms with Crippen molar-refractivity contribution in [2.24, 2.45) is 0 Å². The van der Waals surface area contributed by atoms with Crippen molar-refractivity contribution in [3.8, 4) is 0 Å². The highest BCUT2D eigenvalue weighted by molar-refractivity contribution is 5.91. The number of likely N-dealkylation sites (tertiary alicyclic amines) is 1. The second-order valence-corrected chi connectivity index (χ2v) is 6.01. The zero-order valence-corrected chi connectivity index (χ0v) is 13.6. The number of piperidine rings is 1. The molecule has 0 aliphatic carbocycles. The van der Waals surface area contributed by atoms with Crippen LogP contribution in [0.1, 0.15) is 35.8 Å². The number of nitrogens with one attached hydrogen (secondary N) is 1. The van der Waals surface area contributed by atoms with Crippen LogP contribution in [0.5, 0.6) is 0 Å². The van der Waals surface area contributed by atoms with Crippen LogP contribution >= 0.6 is 0 Å². The van der Waals surface area contributed by atoms with Crippen LogP contribution in [0.25, 0.3) is 0 Å². The van der Waals surface area contributed by atoms with Gasteiger partial charge in [-0.05, 0) is 38.4 Å². The number of aryl methyl sites for hydroxylation is 1. The smallest absolute Gasteiger partial charge is 0.271 e. The molecular weight excluding hydrogens is 292 g/mol. The third-order valence-electron chi connectivity index (χ3n) is 4.37. The number of hydrogen-bond acceptors (Lipinski definition) is 4. The fraction of sp³-hybridized carbons (Fsp3) is 0.562. The van der Waals surface area contributed by atoms with Crippen molar-refractivity contribution in [2.75, 3.05) is 26.7 Å². The Morgan fingerprint density at radius 2 is 2.30 bits per heavy atom. The molecule has 0 unspecified atom stereocenters. The largest absolute Gasteiger partial charge is 0.354 e. The van der Waals surface area contributed by atoms with E-state index in [-0.39, 0.29) is 5.91 Å². The van der Waals surface area contributed by atoms with Crippen LogP contribution in [0.2, 0.25) is 0 Å². The lowest BCUT2D eigenvalue weighted by Gasteiger charge is -2.32. The number of aromatic nitrogens is 4. The van der Waals surface area contributed by atoms with Gasteiger partial charge in [0.05, 0.1) is 12.4 Å². The Balaban J connectivity index is 1.51. The highest BCUT2D eigenvalue weighted by Crippen LogP contribution is 2.21. The van der Waals surface area contributed by atoms with Crippen molar-refractivity contribution in [2.45, 2.75) is 31.8 Å². The molecule has 2 aromatic heterocycles. The molecule has 1 aliphatic heterocycles. The van der Waals surface area contributed by atoms with Gasteiger partial charge in [0.15, 0.2) is 0 Å². The normalized spacial score (nSPS) is 18.9. The van der Waals surface area contributed by atoms with Crippen molar-refractivity contribution in [3.05, 3.63) is 36.7 Å². The standard InChI is InChI=1S/C16H24N6O/c1-17-16(23)15-5-10-22(19-15)14-4-2-7-20(12-14)8-3-9-21-11-6-18-13-21/h5-6,10-11,13-14H,2-4,7-9,12H2,1H3,(H,17,23)/t14-/m1/s1. The Bertz CT molecular complexity index is 620. The first-order valence-electron chi connectivity index (χ1n) is 8.21. The Labute approximate surface area is 136 Å². The minimum absolute atomic E-state index is 0.128. The third-order valence-corrected chi connectivity index (χ3v) is 4.37. The molecule has 23 heavy (non-hydrogen) atoms. The van der Waals surface area contributed by atoms with Gasteiger partial charge in [-0.3, -0.25) is 9.48 Å². The Hall–Kier alpha value is -2.15. The van der Waals surface area contributed by atoms with E-state index in [9.17, 15) is 4.79 Å². The van der Waals surface area contributed by atoms with Gasteiger partial charge in [0.2, 0.25) is 0 Å². The molecule has 0 saturated carbocycles. The van der Waals surface area contributed by atoms with Crippen molar-refractivity contribution in [1.29, 1.82) is 0 Å². The topological polar surface area (TPSA) is 68.0 Å². The molecular formula is C16H24N6O. The van der Waals surface area contributed by atoms with Gasteiger partial charge in [-0.1, -0.05) is 0 Å². The first-order valence-corrected chi connectivity index (χ1v) is 8.21. The summed E-state index contributed by atoms with van der Waals surface area (Å²) < 4.78 is 4.07. The molecule has 1 fully saturated rings. The van der Waals surface area contributed by atoms with E-state index in [4.69, 9.17) is 0 Å². The van der Waals surface area contributed by atoms with Gasteiger partial charge in [0.25, 0.3) is 5.91 Å². The van der Waals surface area contributed by atoms with Gasteiger partial charge in [0.1, 0.15) is 5.69 Å². The Kier molecular flexibility index (Phi) is 5.07. The quantitative estimate of drug-likeness (QED) is 0.868. The van der Waals surface area contributed by atoms with E-state index in [1.807, 2.05) is 29.6 Å². The fourth-order valence-electron chi connectivity index (χ4n) is 3.14. The predicted molar refractivity (Wildman–Crippen MR) is 87.2 cm³/mol. The molecule has 1 amide bonds. The minimum Gasteiger partial charge on any atom is -0.354 e. The maximum Gasteiger partial charge on any atom is 0.271 e. The maximum atomic E-state index is 11.6. The van der Waals surface area contributed by atoms with E-state index in [0.717, 1.165) is 39.0 Å². The van der Waals surface area contributed by atoms with E-state index in [1.165, 1.54) is 6.42 Å². The van der Waals surface area contributed by atoms with Crippen LogP contribution in [0.15, 0.2) is 31.0 Å². The molecule has 0 radical (unpaired) electrons. The lowest BCUT2D eigenvalue weighted by Crippen LogP contribution is -2.37. The molecule has 3 rings (SSSR count). The number of nitrogens with zero attached hydrogens (tertiary/aromatic N) is 5. The molecule has 1 atom stereocenters. The highest BCUT2D eigenvalue weighted by Gasteiger charge is 2.22. The van der Waals surface area contributed by atoms with Crippen molar-refractivity contribution in [3.63, 3.8) is 0 Å². The van der Waals surface area contributed by atoms with Crippen LogP contribution in [0.3, 0.4) is 0 Å². The van der Waals surface area contributed by atoms with E-state index in [2.05, 4.69) is 24.9 Å². The SMILES string of the molecule is CNC(=O)c1ccn([C@@H]2CCCN(CCCn3ccnc3)C2)n1. The first-order chi connectivity index (χ1) is 11.3. The zero-order chi connectivity index (χ0) is 16.1. The average Bonchev–Trinajstić information content (AvgIpc) is 3.26. The van der Waals surface area contributed by atoms with E-state index < -0.39 is 0 Å². The minimum atomic E-state index is -0.128. The molecule has 0 spiro atoms. The number of imidazole rings is 1. The lowest BCUT2D eigenvalue weighted by atomic mass is 10.1. The Morgan fingerprint density at radius 1 is 1.39 bits per heavy atom. The number of carbonyl (C=O) groups is 1. The van der Waals surface area contributed by atoms with Crippen molar-refractivity contribution >= 4 is 5.91 Å². The molecule has 1 N–H and O–H groups in total. The summed E-state index contributed by atoms with van der Waals surface area (Å²) in [6.07, 6.45) is 11.0. The van der Waals surface area contributed by atoms with E-state index in [0.29, 0.717) is 11.7 Å². The summed E-state index contributed by atoms with van der Waals surface area (Å²) in [6.45, 7) is 4.23. The average molecular weight is 316 g/mol. The third kappa shape index (κ3) is 3.98. The monoisotopic (exact) mass is 316 g/mol. The van der Waals surface area contributed by atoms with E-state index in [1.54, 1.807) is 13.1 Å². The molecule has 0 aromatic carbocycles. The number of rotatable bonds is 6. The number of hydrogen-bond donors (Lipinski definition) is 1. The number of carbonyl (C=O) groups excluding carboxylic acids is 1. The molecule has 7 nitrogen and oxygen atoms in total. The molecule has 1 saturated heterocycles. The van der Waals surface area contributed by atoms with Gasteiger partial charge in [-0.25, -0.2) is 4.98 Å². The molecule has 124 valence electrons. The van der Waals surface area contributed by atoms with E-state index >= 15 is 0 Å². The molecule has 7 heteroatoms. The lowest BCUT2D eigenvalue weighted by molar-refractivity contribution is 0.0955. The van der Waals surface area contributed by atoms with Gasteiger partial charge in [-0.15, -0.1) is 0 Å².